The molecule has 2 amide bonds. The second kappa shape index (κ2) is 7.78. The molecule has 3 N–H and O–H groups in total. The van der Waals surface area contributed by atoms with Crippen molar-refractivity contribution in [3.05, 3.63) is 35.4 Å². The topological polar surface area (TPSA) is 75.4 Å². The third-order valence-corrected chi connectivity index (χ3v) is 3.62. The minimum Gasteiger partial charge on any atom is -0.355 e. The fourth-order valence-corrected chi connectivity index (χ4v) is 2.20. The molecule has 0 fully saturated rings. The Kier molecular flexibility index (Phi) is 6.37. The molecular weight excluding hydrogens is 266 g/mol. The molecule has 21 heavy (non-hydrogen) atoms. The lowest BCUT2D eigenvalue weighted by molar-refractivity contribution is -0.135. The molecule has 0 saturated carbocycles. The third kappa shape index (κ3) is 4.56. The fraction of sp³-hybridized carbons (Fsp3) is 0.500. The molecule has 0 aliphatic heterocycles. The highest BCUT2D eigenvalue weighted by atomic mass is 16.2. The van der Waals surface area contributed by atoms with Crippen LogP contribution in [0.5, 0.6) is 0 Å². The van der Waals surface area contributed by atoms with Crippen molar-refractivity contribution in [1.29, 1.82) is 0 Å². The minimum atomic E-state index is -0.153. The van der Waals surface area contributed by atoms with Gasteiger partial charge in [-0.05, 0) is 23.6 Å². The van der Waals surface area contributed by atoms with E-state index >= 15 is 0 Å². The van der Waals surface area contributed by atoms with E-state index in [0.717, 1.165) is 5.56 Å². The number of hydrogen-bond acceptors (Lipinski definition) is 3. The predicted octanol–water partition coefficient (Wildman–Crippen LogP) is 1.24. The Balaban J connectivity index is 2.72. The molecule has 0 saturated heterocycles. The van der Waals surface area contributed by atoms with Gasteiger partial charge in [-0.1, -0.05) is 26.0 Å². The van der Waals surface area contributed by atoms with Gasteiger partial charge in [0.15, 0.2) is 0 Å². The molecule has 116 valence electrons. The maximum absolute atomic E-state index is 12.3. The quantitative estimate of drug-likeness (QED) is 0.828. The summed E-state index contributed by atoms with van der Waals surface area (Å²) in [7, 11) is 3.38. The summed E-state index contributed by atoms with van der Waals surface area (Å²) in [6.07, 6.45) is 0. The summed E-state index contributed by atoms with van der Waals surface area (Å²) in [5.74, 6) is 0.0116. The zero-order valence-corrected chi connectivity index (χ0v) is 13.2. The van der Waals surface area contributed by atoms with Gasteiger partial charge in [0, 0.05) is 32.7 Å². The van der Waals surface area contributed by atoms with Gasteiger partial charge in [-0.15, -0.1) is 0 Å². The van der Waals surface area contributed by atoms with Crippen LogP contribution >= 0.6 is 0 Å². The Morgan fingerprint density at radius 2 is 1.81 bits per heavy atom. The van der Waals surface area contributed by atoms with Crippen LogP contribution in [0.3, 0.4) is 0 Å². The lowest BCUT2D eigenvalue weighted by Crippen LogP contribution is -2.38. The number of carbonyl (C=O) groups excluding carboxylic acids is 2. The zero-order valence-electron chi connectivity index (χ0n) is 13.2. The summed E-state index contributed by atoms with van der Waals surface area (Å²) in [5, 5.41) is 2.58. The van der Waals surface area contributed by atoms with Crippen LogP contribution in [0.15, 0.2) is 24.3 Å². The summed E-state index contributed by atoms with van der Waals surface area (Å²) in [5.41, 5.74) is 7.28. The van der Waals surface area contributed by atoms with E-state index in [1.807, 2.05) is 26.0 Å². The Morgan fingerprint density at radius 1 is 1.24 bits per heavy atom. The van der Waals surface area contributed by atoms with Crippen LogP contribution in [0.4, 0.5) is 0 Å². The molecule has 1 atom stereocenters. The second-order valence-corrected chi connectivity index (χ2v) is 5.56. The van der Waals surface area contributed by atoms with Crippen molar-refractivity contribution < 1.29 is 9.59 Å². The first kappa shape index (κ1) is 17.2. The first-order valence-electron chi connectivity index (χ1n) is 7.16. The van der Waals surface area contributed by atoms with E-state index in [1.54, 1.807) is 31.1 Å². The minimum absolute atomic E-state index is 0.0582. The van der Waals surface area contributed by atoms with Crippen molar-refractivity contribution in [3.8, 4) is 0 Å². The fourth-order valence-electron chi connectivity index (χ4n) is 2.20. The Hall–Kier alpha value is -1.88. The van der Waals surface area contributed by atoms with Crippen molar-refractivity contribution in [2.75, 3.05) is 20.6 Å². The van der Waals surface area contributed by atoms with Gasteiger partial charge in [-0.2, -0.15) is 0 Å². The van der Waals surface area contributed by atoms with Crippen molar-refractivity contribution in [3.63, 3.8) is 0 Å². The van der Waals surface area contributed by atoms with Crippen molar-refractivity contribution in [2.24, 2.45) is 17.6 Å². The molecular formula is C16H25N3O2. The maximum atomic E-state index is 12.3. The summed E-state index contributed by atoms with van der Waals surface area (Å²) in [6.45, 7) is 4.87. The van der Waals surface area contributed by atoms with Crippen molar-refractivity contribution in [2.45, 2.75) is 20.4 Å². The summed E-state index contributed by atoms with van der Waals surface area (Å²) in [4.78, 5) is 25.5. The van der Waals surface area contributed by atoms with Crippen LogP contribution < -0.4 is 11.1 Å². The van der Waals surface area contributed by atoms with E-state index in [-0.39, 0.29) is 23.7 Å². The normalized spacial score (nSPS) is 12.1. The molecule has 1 rings (SSSR count). The van der Waals surface area contributed by atoms with Crippen LogP contribution in [-0.2, 0) is 11.3 Å². The van der Waals surface area contributed by atoms with Gasteiger partial charge < -0.3 is 16.0 Å². The number of rotatable bonds is 6. The number of nitrogens with two attached hydrogens (primary N) is 1. The molecule has 0 spiro atoms. The molecule has 0 aliphatic carbocycles. The average molecular weight is 291 g/mol. The van der Waals surface area contributed by atoms with Gasteiger partial charge in [0.2, 0.25) is 5.91 Å². The van der Waals surface area contributed by atoms with Crippen molar-refractivity contribution in [1.82, 2.24) is 10.2 Å². The largest absolute Gasteiger partial charge is 0.355 e. The van der Waals surface area contributed by atoms with Gasteiger partial charge >= 0.3 is 0 Å². The molecule has 5 heteroatoms. The lowest BCUT2D eigenvalue weighted by atomic mass is 9.94. The van der Waals surface area contributed by atoms with E-state index < -0.39 is 0 Å². The van der Waals surface area contributed by atoms with Crippen LogP contribution in [0.2, 0.25) is 0 Å². The maximum Gasteiger partial charge on any atom is 0.251 e. The standard InChI is InChI=1S/C16H25N3O2/c1-11(2)14(9-17)16(21)19(4)10-12-5-7-13(8-6-12)15(20)18-3/h5-8,11,14H,9-10,17H2,1-4H3,(H,18,20). The average Bonchev–Trinajstić information content (AvgIpc) is 2.47. The molecule has 1 aromatic carbocycles. The van der Waals surface area contributed by atoms with E-state index in [4.69, 9.17) is 5.73 Å². The Bertz CT molecular complexity index is 483. The van der Waals surface area contributed by atoms with Gasteiger partial charge in [-0.25, -0.2) is 0 Å². The van der Waals surface area contributed by atoms with Gasteiger partial charge in [0.25, 0.3) is 5.91 Å². The Labute approximate surface area is 126 Å². The number of hydrogen-bond donors (Lipinski definition) is 2. The highest BCUT2D eigenvalue weighted by Gasteiger charge is 2.23. The first-order chi connectivity index (χ1) is 9.90. The highest BCUT2D eigenvalue weighted by Crippen LogP contribution is 2.14. The van der Waals surface area contributed by atoms with Gasteiger partial charge in [0.05, 0.1) is 5.92 Å². The van der Waals surface area contributed by atoms with Crippen LogP contribution in [0.1, 0.15) is 29.8 Å². The molecule has 0 bridgehead atoms. The van der Waals surface area contributed by atoms with Gasteiger partial charge in [-0.3, -0.25) is 9.59 Å². The molecule has 0 heterocycles. The molecule has 1 unspecified atom stereocenters. The van der Waals surface area contributed by atoms with E-state index in [1.165, 1.54) is 0 Å². The molecule has 0 aromatic heterocycles. The highest BCUT2D eigenvalue weighted by molar-refractivity contribution is 5.93. The van der Waals surface area contributed by atoms with E-state index in [0.29, 0.717) is 18.7 Å². The Morgan fingerprint density at radius 3 is 2.24 bits per heavy atom. The third-order valence-electron chi connectivity index (χ3n) is 3.62. The number of nitrogens with one attached hydrogen (secondary N) is 1. The molecule has 1 aromatic rings. The van der Waals surface area contributed by atoms with Crippen LogP contribution in [0, 0.1) is 11.8 Å². The van der Waals surface area contributed by atoms with E-state index in [2.05, 4.69) is 5.32 Å². The number of nitrogens with zero attached hydrogens (tertiary/aromatic N) is 1. The molecule has 5 nitrogen and oxygen atoms in total. The number of carbonyl (C=O) groups is 2. The number of amides is 2. The lowest BCUT2D eigenvalue weighted by Gasteiger charge is -2.25. The number of benzene rings is 1. The zero-order chi connectivity index (χ0) is 16.0. The first-order valence-corrected chi connectivity index (χ1v) is 7.16. The van der Waals surface area contributed by atoms with E-state index in [9.17, 15) is 9.59 Å². The smallest absolute Gasteiger partial charge is 0.251 e. The summed E-state index contributed by atoms with van der Waals surface area (Å²) < 4.78 is 0. The SMILES string of the molecule is CNC(=O)c1ccc(CN(C)C(=O)C(CN)C(C)C)cc1. The monoisotopic (exact) mass is 291 g/mol. The second-order valence-electron chi connectivity index (χ2n) is 5.56. The van der Waals surface area contributed by atoms with Crippen LogP contribution in [0.25, 0.3) is 0 Å². The summed E-state index contributed by atoms with van der Waals surface area (Å²) in [6, 6.07) is 7.24. The van der Waals surface area contributed by atoms with Crippen LogP contribution in [-0.4, -0.2) is 37.4 Å². The predicted molar refractivity (Wildman–Crippen MR) is 83.7 cm³/mol. The summed E-state index contributed by atoms with van der Waals surface area (Å²) >= 11 is 0. The van der Waals surface area contributed by atoms with Gasteiger partial charge in [0.1, 0.15) is 0 Å². The van der Waals surface area contributed by atoms with Crippen molar-refractivity contribution >= 4 is 11.8 Å². The molecule has 0 aliphatic rings. The molecule has 0 radical (unpaired) electrons.